The van der Waals surface area contributed by atoms with Crippen molar-refractivity contribution in [1.82, 2.24) is 10.2 Å². The topological polar surface area (TPSA) is 91.3 Å². The Bertz CT molecular complexity index is 1080. The number of hydrogen-bond donors (Lipinski definition) is 3. The van der Waals surface area contributed by atoms with E-state index in [9.17, 15) is 15.0 Å². The van der Waals surface area contributed by atoms with Crippen molar-refractivity contribution in [3.63, 3.8) is 0 Å². The van der Waals surface area contributed by atoms with E-state index in [0.717, 1.165) is 22.9 Å². The van der Waals surface area contributed by atoms with E-state index in [-0.39, 0.29) is 18.3 Å². The summed E-state index contributed by atoms with van der Waals surface area (Å²) in [6.07, 6.45) is -0.693. The van der Waals surface area contributed by atoms with Crippen molar-refractivity contribution in [2.24, 2.45) is 0 Å². The maximum absolute atomic E-state index is 11.5. The van der Waals surface area contributed by atoms with E-state index in [4.69, 9.17) is 9.47 Å². The second kappa shape index (κ2) is 9.24. The van der Waals surface area contributed by atoms with Gasteiger partial charge in [0.1, 0.15) is 30.0 Å². The molecular weight excluding hydrogens is 396 g/mol. The molecule has 1 aliphatic heterocycles. The molecule has 162 valence electrons. The maximum Gasteiger partial charge on any atom is 0.234 e. The minimum Gasteiger partial charge on any atom is -0.507 e. The average Bonchev–Trinajstić information content (AvgIpc) is 2.77. The summed E-state index contributed by atoms with van der Waals surface area (Å²) in [5, 5.41) is 25.3. The molecule has 1 heterocycles. The fourth-order valence-electron chi connectivity index (χ4n) is 3.75. The van der Waals surface area contributed by atoms with Crippen LogP contribution in [0.3, 0.4) is 0 Å². The number of methoxy groups -OCH3 is 1. The third-order valence-corrected chi connectivity index (χ3v) is 5.36. The lowest BCUT2D eigenvalue weighted by molar-refractivity contribution is -0.124. The summed E-state index contributed by atoms with van der Waals surface area (Å²) in [6.45, 7) is 2.15. The van der Waals surface area contributed by atoms with E-state index in [1.54, 1.807) is 25.3 Å². The zero-order valence-electron chi connectivity index (χ0n) is 17.4. The van der Waals surface area contributed by atoms with Crippen LogP contribution in [0.4, 0.5) is 0 Å². The van der Waals surface area contributed by atoms with E-state index in [1.807, 2.05) is 41.3 Å². The van der Waals surface area contributed by atoms with Crippen LogP contribution in [0.1, 0.15) is 0 Å². The highest BCUT2D eigenvalue weighted by molar-refractivity contribution is 5.89. The van der Waals surface area contributed by atoms with Crippen LogP contribution in [-0.2, 0) is 4.79 Å². The van der Waals surface area contributed by atoms with Crippen molar-refractivity contribution < 1.29 is 24.5 Å². The summed E-state index contributed by atoms with van der Waals surface area (Å²) >= 11 is 0. The molecule has 0 radical (unpaired) electrons. The number of ether oxygens (including phenoxy) is 2. The Morgan fingerprint density at radius 1 is 1.06 bits per heavy atom. The summed E-state index contributed by atoms with van der Waals surface area (Å²) in [5.74, 6) is 1.48. The first-order chi connectivity index (χ1) is 15.0. The molecule has 0 aliphatic carbocycles. The van der Waals surface area contributed by atoms with Crippen LogP contribution in [0.2, 0.25) is 0 Å². The fraction of sp³-hybridized carbons (Fsp3) is 0.292. The number of phenols is 1. The van der Waals surface area contributed by atoms with Crippen LogP contribution in [0.15, 0.2) is 54.6 Å². The van der Waals surface area contributed by atoms with Crippen molar-refractivity contribution in [3.8, 4) is 28.4 Å². The van der Waals surface area contributed by atoms with Crippen molar-refractivity contribution in [3.05, 3.63) is 54.6 Å². The number of amides is 1. The molecule has 1 amide bonds. The number of nitrogens with zero attached hydrogens (tertiary/aromatic N) is 1. The highest BCUT2D eigenvalue weighted by Crippen LogP contribution is 2.34. The van der Waals surface area contributed by atoms with Crippen LogP contribution < -0.4 is 14.8 Å². The zero-order valence-corrected chi connectivity index (χ0v) is 17.4. The van der Waals surface area contributed by atoms with Gasteiger partial charge >= 0.3 is 0 Å². The third kappa shape index (κ3) is 5.07. The van der Waals surface area contributed by atoms with Crippen molar-refractivity contribution in [2.45, 2.75) is 6.10 Å². The predicted molar refractivity (Wildman–Crippen MR) is 119 cm³/mol. The van der Waals surface area contributed by atoms with Gasteiger partial charge in [0, 0.05) is 25.2 Å². The Morgan fingerprint density at radius 3 is 2.68 bits per heavy atom. The summed E-state index contributed by atoms with van der Waals surface area (Å²) in [5.41, 5.74) is 1.55. The molecule has 3 N–H and O–H groups in total. The number of carbonyl (C=O) groups is 1. The van der Waals surface area contributed by atoms with Crippen LogP contribution in [0.25, 0.3) is 21.9 Å². The number of aromatic hydroxyl groups is 1. The Hall–Kier alpha value is -3.29. The molecule has 1 aliphatic rings. The first-order valence-corrected chi connectivity index (χ1v) is 10.2. The quantitative estimate of drug-likeness (QED) is 0.542. The van der Waals surface area contributed by atoms with E-state index in [1.165, 1.54) is 0 Å². The monoisotopic (exact) mass is 422 g/mol. The Kier molecular flexibility index (Phi) is 6.25. The molecule has 0 saturated carbocycles. The lowest BCUT2D eigenvalue weighted by atomic mass is 10.00. The van der Waals surface area contributed by atoms with Gasteiger partial charge in [-0.3, -0.25) is 9.69 Å². The first-order valence-electron chi connectivity index (χ1n) is 10.2. The van der Waals surface area contributed by atoms with Gasteiger partial charge in [0.05, 0.1) is 13.7 Å². The SMILES string of the molecule is COc1ccc(O)c(-c2ccc3ccc(OCC(O)CN4CCNC(=O)C4)cc3c2)c1. The number of β-amino-alcohol motifs (C(OH)–C–C–N with tert-alkyl or cyclic N) is 1. The van der Waals surface area contributed by atoms with E-state index in [0.29, 0.717) is 36.7 Å². The molecule has 0 aromatic heterocycles. The number of fused-ring (bicyclic) bond motifs is 1. The molecule has 0 spiro atoms. The standard InChI is InChI=1S/C24H26N2O5/c1-30-20-6-7-23(28)22(12-20)17-3-2-16-4-5-21(11-18(16)10-17)31-15-19(27)13-26-9-8-25-24(29)14-26/h2-7,10-12,19,27-28H,8-9,13-15H2,1H3,(H,25,29). The zero-order chi connectivity index (χ0) is 21.8. The predicted octanol–water partition coefficient (Wildman–Crippen LogP) is 2.39. The molecule has 4 rings (SSSR count). The molecule has 1 saturated heterocycles. The molecule has 1 unspecified atom stereocenters. The smallest absolute Gasteiger partial charge is 0.234 e. The molecule has 3 aromatic carbocycles. The maximum atomic E-state index is 11.5. The van der Waals surface area contributed by atoms with E-state index in [2.05, 4.69) is 5.32 Å². The normalized spacial score (nSPS) is 15.5. The van der Waals surface area contributed by atoms with Gasteiger partial charge < -0.3 is 25.0 Å². The molecule has 3 aromatic rings. The number of hydrogen-bond acceptors (Lipinski definition) is 6. The molecule has 0 bridgehead atoms. The van der Waals surface area contributed by atoms with Crippen molar-refractivity contribution >= 4 is 16.7 Å². The Labute approximate surface area is 180 Å². The van der Waals surface area contributed by atoms with Crippen LogP contribution in [-0.4, -0.2) is 67.0 Å². The molecule has 7 nitrogen and oxygen atoms in total. The summed E-state index contributed by atoms with van der Waals surface area (Å²) in [7, 11) is 1.59. The molecule has 31 heavy (non-hydrogen) atoms. The second-order valence-electron chi connectivity index (χ2n) is 7.66. The Balaban J connectivity index is 1.46. The summed E-state index contributed by atoms with van der Waals surface area (Å²) < 4.78 is 11.1. The van der Waals surface area contributed by atoms with Gasteiger partial charge in [0.25, 0.3) is 0 Å². The number of aliphatic hydroxyl groups excluding tert-OH is 1. The minimum absolute atomic E-state index is 0.0215. The van der Waals surface area contributed by atoms with Gasteiger partial charge in [-0.15, -0.1) is 0 Å². The number of piperazine rings is 1. The minimum atomic E-state index is -0.693. The third-order valence-electron chi connectivity index (χ3n) is 5.36. The fourth-order valence-corrected chi connectivity index (χ4v) is 3.75. The molecule has 1 atom stereocenters. The highest BCUT2D eigenvalue weighted by atomic mass is 16.5. The number of rotatable bonds is 7. The number of phenolic OH excluding ortho intramolecular Hbond substituents is 1. The summed E-state index contributed by atoms with van der Waals surface area (Å²) in [6, 6.07) is 16.8. The van der Waals surface area contributed by atoms with Crippen LogP contribution >= 0.6 is 0 Å². The Morgan fingerprint density at radius 2 is 1.87 bits per heavy atom. The van der Waals surface area contributed by atoms with Gasteiger partial charge in [-0.05, 0) is 52.7 Å². The van der Waals surface area contributed by atoms with E-state index < -0.39 is 6.10 Å². The van der Waals surface area contributed by atoms with Crippen LogP contribution in [0.5, 0.6) is 17.2 Å². The van der Waals surface area contributed by atoms with Crippen LogP contribution in [0, 0.1) is 0 Å². The average molecular weight is 422 g/mol. The molecule has 1 fully saturated rings. The largest absolute Gasteiger partial charge is 0.507 e. The van der Waals surface area contributed by atoms with Gasteiger partial charge in [0.2, 0.25) is 5.91 Å². The first kappa shape index (κ1) is 21.0. The number of carbonyl (C=O) groups excluding carboxylic acids is 1. The van der Waals surface area contributed by atoms with Gasteiger partial charge in [-0.1, -0.05) is 18.2 Å². The second-order valence-corrected chi connectivity index (χ2v) is 7.66. The highest BCUT2D eigenvalue weighted by Gasteiger charge is 2.19. The van der Waals surface area contributed by atoms with Crippen molar-refractivity contribution in [1.29, 1.82) is 0 Å². The van der Waals surface area contributed by atoms with Gasteiger partial charge in [-0.2, -0.15) is 0 Å². The molecular formula is C24H26N2O5. The lowest BCUT2D eigenvalue weighted by Gasteiger charge is -2.28. The lowest BCUT2D eigenvalue weighted by Crippen LogP contribution is -2.50. The summed E-state index contributed by atoms with van der Waals surface area (Å²) in [4.78, 5) is 13.4. The van der Waals surface area contributed by atoms with E-state index >= 15 is 0 Å². The molecule has 7 heteroatoms. The number of aliphatic hydroxyl groups is 1. The number of nitrogens with one attached hydrogen (secondary N) is 1. The number of benzene rings is 3. The van der Waals surface area contributed by atoms with Crippen molar-refractivity contribution in [2.75, 3.05) is 39.9 Å². The van der Waals surface area contributed by atoms with Gasteiger partial charge in [-0.25, -0.2) is 0 Å². The van der Waals surface area contributed by atoms with Gasteiger partial charge in [0.15, 0.2) is 0 Å².